The van der Waals surface area contributed by atoms with Crippen molar-refractivity contribution < 1.29 is 24.1 Å². The number of aliphatic imine (C=N–C) groups is 1. The topological polar surface area (TPSA) is 82.3 Å². The molecule has 0 unspecified atom stereocenters. The van der Waals surface area contributed by atoms with Gasteiger partial charge in [-0.15, -0.1) is 0 Å². The van der Waals surface area contributed by atoms with Crippen molar-refractivity contribution in [1.82, 2.24) is 4.57 Å². The Morgan fingerprint density at radius 2 is 1.59 bits per heavy atom. The third-order valence-corrected chi connectivity index (χ3v) is 7.52. The Hall–Kier alpha value is -4.69. The van der Waals surface area contributed by atoms with E-state index in [-0.39, 0.29) is 17.9 Å². The first-order valence-corrected chi connectivity index (χ1v) is 13.9. The number of aliphatic hydroxyl groups excluding tert-OH is 1. The molecule has 1 aromatic heterocycles. The van der Waals surface area contributed by atoms with E-state index in [4.69, 9.17) is 14.2 Å². The summed E-state index contributed by atoms with van der Waals surface area (Å²) in [5, 5.41) is 11.5. The molecule has 1 aliphatic rings. The van der Waals surface area contributed by atoms with Crippen LogP contribution in [0, 0.1) is 13.8 Å². The first-order valence-electron chi connectivity index (χ1n) is 13.1. The number of aryl methyl sites for hydroxylation is 1. The van der Waals surface area contributed by atoms with Gasteiger partial charge in [0.25, 0.3) is 0 Å². The molecule has 0 saturated heterocycles. The van der Waals surface area contributed by atoms with Crippen molar-refractivity contribution >= 4 is 34.5 Å². The van der Waals surface area contributed by atoms with Gasteiger partial charge in [-0.25, -0.2) is 9.79 Å². The van der Waals surface area contributed by atoms with Gasteiger partial charge in [-0.3, -0.25) is 0 Å². The van der Waals surface area contributed by atoms with Crippen molar-refractivity contribution in [2.45, 2.75) is 20.8 Å². The van der Waals surface area contributed by atoms with E-state index in [1.165, 1.54) is 11.8 Å². The first-order chi connectivity index (χ1) is 19.9. The maximum absolute atomic E-state index is 12.8. The maximum atomic E-state index is 12.8. The molecule has 0 spiro atoms. The van der Waals surface area contributed by atoms with Crippen LogP contribution in [0.1, 0.15) is 23.9 Å². The van der Waals surface area contributed by atoms with E-state index in [9.17, 15) is 9.90 Å². The van der Waals surface area contributed by atoms with Crippen LogP contribution in [0.25, 0.3) is 11.8 Å². The van der Waals surface area contributed by atoms with Crippen LogP contribution < -0.4 is 9.47 Å². The number of nitrogens with zero attached hydrogens (tertiary/aromatic N) is 2. The summed E-state index contributed by atoms with van der Waals surface area (Å²) in [6.07, 6.45) is 1.88. The normalized spacial score (nSPS) is 15.0. The molecule has 0 saturated carbocycles. The van der Waals surface area contributed by atoms with E-state index in [1.807, 2.05) is 105 Å². The van der Waals surface area contributed by atoms with Crippen molar-refractivity contribution in [2.24, 2.45) is 4.99 Å². The number of benzene rings is 3. The van der Waals surface area contributed by atoms with Gasteiger partial charge >= 0.3 is 5.97 Å². The summed E-state index contributed by atoms with van der Waals surface area (Å²) in [4.78, 5) is 17.9. The van der Waals surface area contributed by atoms with Gasteiger partial charge in [0.1, 0.15) is 33.6 Å². The molecule has 2 heterocycles. The predicted molar refractivity (Wildman–Crippen MR) is 164 cm³/mol. The van der Waals surface area contributed by atoms with Gasteiger partial charge in [0.15, 0.2) is 0 Å². The zero-order valence-electron chi connectivity index (χ0n) is 23.3. The highest BCUT2D eigenvalue weighted by molar-refractivity contribution is 8.18. The van der Waals surface area contributed by atoms with Crippen LogP contribution in [-0.4, -0.2) is 34.4 Å². The van der Waals surface area contributed by atoms with Crippen molar-refractivity contribution in [3.63, 3.8) is 0 Å². The van der Waals surface area contributed by atoms with Crippen LogP contribution >= 0.6 is 11.8 Å². The third kappa shape index (κ3) is 6.07. The summed E-state index contributed by atoms with van der Waals surface area (Å²) in [6.45, 7) is 5.98. The van der Waals surface area contributed by atoms with Crippen LogP contribution in [0.5, 0.6) is 17.2 Å². The lowest BCUT2D eigenvalue weighted by molar-refractivity contribution is -0.138. The zero-order valence-corrected chi connectivity index (χ0v) is 24.1. The third-order valence-electron chi connectivity index (χ3n) is 6.50. The molecule has 0 amide bonds. The molecule has 8 heteroatoms. The van der Waals surface area contributed by atoms with Crippen molar-refractivity contribution in [3.8, 4) is 22.9 Å². The number of hydrogen-bond acceptors (Lipinski definition) is 7. The van der Waals surface area contributed by atoms with Crippen LogP contribution in [0.2, 0.25) is 0 Å². The Bertz CT molecular complexity index is 1650. The number of carbonyl (C=O) groups excluding carboxylic acids is 1. The minimum atomic E-state index is -0.599. The summed E-state index contributed by atoms with van der Waals surface area (Å²) in [5.41, 5.74) is 4.66. The van der Waals surface area contributed by atoms with E-state index >= 15 is 0 Å². The fourth-order valence-electron chi connectivity index (χ4n) is 4.53. The highest BCUT2D eigenvalue weighted by Gasteiger charge is 2.33. The van der Waals surface area contributed by atoms with Crippen LogP contribution in [0.3, 0.4) is 0 Å². The van der Waals surface area contributed by atoms with Gasteiger partial charge < -0.3 is 23.9 Å². The summed E-state index contributed by atoms with van der Waals surface area (Å²) in [5.74, 6) is 1.48. The number of rotatable bonds is 8. The minimum absolute atomic E-state index is 0.0770. The molecule has 1 N–H and O–H groups in total. The number of aliphatic hydroxyl groups is 1. The van der Waals surface area contributed by atoms with Crippen molar-refractivity contribution in [1.29, 1.82) is 0 Å². The molecule has 0 atom stereocenters. The van der Waals surface area contributed by atoms with E-state index in [0.29, 0.717) is 15.6 Å². The fraction of sp³-hybridized carbons (Fsp3) is 0.152. The van der Waals surface area contributed by atoms with Crippen molar-refractivity contribution in [2.75, 3.05) is 13.7 Å². The summed E-state index contributed by atoms with van der Waals surface area (Å²) in [6, 6.07) is 26.7. The monoisotopic (exact) mass is 566 g/mol. The predicted octanol–water partition coefficient (Wildman–Crippen LogP) is 8.09. The number of aromatic nitrogens is 1. The van der Waals surface area contributed by atoms with E-state index < -0.39 is 5.97 Å². The fourth-order valence-corrected chi connectivity index (χ4v) is 5.55. The highest BCUT2D eigenvalue weighted by atomic mass is 32.2. The van der Waals surface area contributed by atoms with Crippen LogP contribution in [0.15, 0.2) is 106 Å². The van der Waals surface area contributed by atoms with Gasteiger partial charge in [0.05, 0.1) is 24.3 Å². The molecule has 0 bridgehead atoms. The Morgan fingerprint density at radius 3 is 2.22 bits per heavy atom. The van der Waals surface area contributed by atoms with Crippen molar-refractivity contribution in [3.05, 3.63) is 118 Å². The van der Waals surface area contributed by atoms with Gasteiger partial charge in [-0.2, -0.15) is 0 Å². The Kier molecular flexibility index (Phi) is 8.31. The first kappa shape index (κ1) is 27.9. The van der Waals surface area contributed by atoms with E-state index in [2.05, 4.69) is 9.56 Å². The number of hydrogen-bond donors (Lipinski definition) is 1. The van der Waals surface area contributed by atoms with Gasteiger partial charge in [0.2, 0.25) is 0 Å². The second-order valence-electron chi connectivity index (χ2n) is 9.24. The number of para-hydroxylation sites is 1. The standard InChI is InChI=1S/C33H30N2O5S/c1-5-39-33(37)30-31(36)29(41-32(30)34-24-9-7-6-8-10-24)20-23-19-21(2)35(22(23)3)25-11-13-27(14-12-25)40-28-17-15-26(38-4)16-18-28/h6-20,36H,5H2,1-4H3/b29-20-,34-32?. The number of methoxy groups -OCH3 is 1. The molecule has 0 fully saturated rings. The SMILES string of the molecule is CCOC(=O)C1=C(O)/C(=C/c2cc(C)n(-c3ccc(Oc4ccc(OC)cc4)cc3)c2C)SC1=Nc1ccccc1. The second kappa shape index (κ2) is 12.2. The van der Waals surface area contributed by atoms with Crippen LogP contribution in [0.4, 0.5) is 5.69 Å². The Morgan fingerprint density at radius 1 is 0.951 bits per heavy atom. The molecule has 5 rings (SSSR count). The van der Waals surface area contributed by atoms with Crippen LogP contribution in [-0.2, 0) is 9.53 Å². The molecular weight excluding hydrogens is 536 g/mol. The summed E-state index contributed by atoms with van der Waals surface area (Å²) >= 11 is 1.25. The molecule has 3 aromatic carbocycles. The maximum Gasteiger partial charge on any atom is 0.344 e. The number of thioether (sulfide) groups is 1. The smallest absolute Gasteiger partial charge is 0.344 e. The number of esters is 1. The lowest BCUT2D eigenvalue weighted by atomic mass is 10.2. The summed E-state index contributed by atoms with van der Waals surface area (Å²) < 4.78 is 18.5. The van der Waals surface area contributed by atoms with Gasteiger partial charge in [-0.05, 0) is 99.1 Å². The van der Waals surface area contributed by atoms with E-state index in [0.717, 1.165) is 39.9 Å². The lowest BCUT2D eigenvalue weighted by Gasteiger charge is -2.11. The highest BCUT2D eigenvalue weighted by Crippen LogP contribution is 2.41. The molecule has 0 radical (unpaired) electrons. The molecule has 41 heavy (non-hydrogen) atoms. The average molecular weight is 567 g/mol. The molecule has 208 valence electrons. The minimum Gasteiger partial charge on any atom is -0.506 e. The largest absolute Gasteiger partial charge is 0.506 e. The quantitative estimate of drug-likeness (QED) is 0.217. The number of carbonyl (C=O) groups is 1. The molecule has 0 aliphatic carbocycles. The zero-order chi connectivity index (χ0) is 28.9. The summed E-state index contributed by atoms with van der Waals surface area (Å²) in [7, 11) is 1.63. The molecule has 7 nitrogen and oxygen atoms in total. The molecule has 1 aliphatic heterocycles. The molecular formula is C33H30N2O5S. The molecule has 4 aromatic rings. The van der Waals surface area contributed by atoms with Gasteiger partial charge in [-0.1, -0.05) is 30.0 Å². The lowest BCUT2D eigenvalue weighted by Crippen LogP contribution is -2.12. The number of ether oxygens (including phenoxy) is 3. The Balaban J connectivity index is 1.43. The van der Waals surface area contributed by atoms with E-state index in [1.54, 1.807) is 14.0 Å². The Labute approximate surface area is 243 Å². The van der Waals surface area contributed by atoms with Gasteiger partial charge in [0, 0.05) is 17.1 Å². The average Bonchev–Trinajstić information content (AvgIpc) is 3.43. The second-order valence-corrected chi connectivity index (χ2v) is 10.3.